The Labute approximate surface area is 128 Å². The van der Waals surface area contributed by atoms with Gasteiger partial charge in [0.2, 0.25) is 0 Å². The molecule has 2 N–H and O–H groups in total. The average Bonchev–Trinajstić information content (AvgIpc) is 2.53. The van der Waals surface area contributed by atoms with Gasteiger partial charge in [-0.2, -0.15) is 0 Å². The molecule has 0 saturated heterocycles. The summed E-state index contributed by atoms with van der Waals surface area (Å²) in [7, 11) is 0. The summed E-state index contributed by atoms with van der Waals surface area (Å²) in [6.45, 7) is 3.57. The minimum Gasteiger partial charge on any atom is -0.287 e. The largest absolute Gasteiger partial charge is 0.287 e. The van der Waals surface area contributed by atoms with Crippen LogP contribution >= 0.6 is 11.6 Å². The predicted molar refractivity (Wildman–Crippen MR) is 84.9 cm³/mol. The lowest BCUT2D eigenvalue weighted by Gasteiger charge is -2.16. The van der Waals surface area contributed by atoms with E-state index >= 15 is 0 Å². The van der Waals surface area contributed by atoms with Crippen molar-refractivity contribution in [3.8, 4) is 0 Å². The van der Waals surface area contributed by atoms with Crippen LogP contribution in [0.25, 0.3) is 0 Å². The van der Waals surface area contributed by atoms with E-state index in [1.165, 1.54) is 0 Å². The second-order valence-electron chi connectivity index (χ2n) is 4.36. The summed E-state index contributed by atoms with van der Waals surface area (Å²) in [6.07, 6.45) is 1.73. The molecule has 0 aromatic heterocycles. The van der Waals surface area contributed by atoms with Gasteiger partial charge in [0.1, 0.15) is 0 Å². The maximum Gasteiger partial charge on any atom is 0.265 e. The van der Waals surface area contributed by atoms with Gasteiger partial charge in [-0.3, -0.25) is 10.2 Å². The van der Waals surface area contributed by atoms with Gasteiger partial charge in [-0.25, -0.2) is 5.43 Å². The molecule has 2 rings (SSSR count). The Morgan fingerprint density at radius 3 is 2.43 bits per heavy atom. The maximum atomic E-state index is 12.0. The van der Waals surface area contributed by atoms with Crippen LogP contribution in [0.4, 0.5) is 0 Å². The monoisotopic (exact) mass is 298 g/mol. The zero-order chi connectivity index (χ0) is 15.1. The van der Waals surface area contributed by atoms with Crippen molar-refractivity contribution in [1.29, 1.82) is 0 Å². The number of carbonyl (C=O) groups is 1. The summed E-state index contributed by atoms with van der Waals surface area (Å²) in [4.78, 5) is 12.0. The number of hydrazine groups is 1. The molecule has 1 atom stereocenters. The average molecular weight is 299 g/mol. The van der Waals surface area contributed by atoms with E-state index in [4.69, 9.17) is 11.6 Å². The number of benzene rings is 2. The van der Waals surface area contributed by atoms with Crippen LogP contribution in [0, 0.1) is 0 Å². The smallest absolute Gasteiger partial charge is 0.265 e. The van der Waals surface area contributed by atoms with Crippen molar-refractivity contribution in [2.75, 3.05) is 0 Å². The molecule has 3 nitrogen and oxygen atoms in total. The van der Waals surface area contributed by atoms with Crippen LogP contribution in [0.5, 0.6) is 0 Å². The minimum absolute atomic E-state index is 0.202. The number of hydrogen-bond donors (Lipinski definition) is 2. The zero-order valence-corrected chi connectivity index (χ0v) is 12.1. The van der Waals surface area contributed by atoms with Crippen LogP contribution in [0.1, 0.15) is 22.0 Å². The van der Waals surface area contributed by atoms with E-state index in [1.807, 2.05) is 30.3 Å². The van der Waals surface area contributed by atoms with Crippen LogP contribution in [0.2, 0.25) is 5.02 Å². The fraction of sp³-hybridized carbons (Fsp3) is 0.0588. The molecule has 1 amide bonds. The molecule has 0 heterocycles. The molecular formula is C17H15ClN2O. The van der Waals surface area contributed by atoms with E-state index in [2.05, 4.69) is 23.2 Å². The highest BCUT2D eigenvalue weighted by atomic mass is 35.5. The van der Waals surface area contributed by atoms with Crippen molar-refractivity contribution in [3.05, 3.63) is 89.1 Å². The fourth-order valence-electron chi connectivity index (χ4n) is 1.81. The highest BCUT2D eigenvalue weighted by molar-refractivity contribution is 6.30. The molecule has 1 unspecified atom stereocenters. The highest BCUT2D eigenvalue weighted by Gasteiger charge is 2.10. The number of rotatable bonds is 5. The number of carbonyl (C=O) groups excluding carboxylic acids is 1. The summed E-state index contributed by atoms with van der Waals surface area (Å²) in [5.74, 6) is -0.202. The maximum absolute atomic E-state index is 12.0. The number of hydrogen-bond acceptors (Lipinski definition) is 2. The Bertz CT molecular complexity index is 646. The van der Waals surface area contributed by atoms with E-state index in [1.54, 1.807) is 30.3 Å². The Balaban J connectivity index is 2.05. The zero-order valence-electron chi connectivity index (χ0n) is 11.3. The molecule has 0 saturated carbocycles. The van der Waals surface area contributed by atoms with E-state index in [0.29, 0.717) is 10.6 Å². The lowest BCUT2D eigenvalue weighted by atomic mass is 10.1. The summed E-state index contributed by atoms with van der Waals surface area (Å²) < 4.78 is 0. The first-order chi connectivity index (χ1) is 10.2. The minimum atomic E-state index is -0.229. The molecule has 0 aliphatic rings. The molecule has 21 heavy (non-hydrogen) atoms. The molecule has 0 fully saturated rings. The molecular weight excluding hydrogens is 284 g/mol. The number of amides is 1. The van der Waals surface area contributed by atoms with Crippen molar-refractivity contribution in [3.63, 3.8) is 0 Å². The highest BCUT2D eigenvalue weighted by Crippen LogP contribution is 2.16. The van der Waals surface area contributed by atoms with Crippen LogP contribution < -0.4 is 10.9 Å². The molecule has 0 bridgehead atoms. The van der Waals surface area contributed by atoms with Gasteiger partial charge < -0.3 is 0 Å². The first-order valence-electron chi connectivity index (χ1n) is 6.43. The first-order valence-corrected chi connectivity index (χ1v) is 6.81. The quantitative estimate of drug-likeness (QED) is 0.653. The normalized spacial score (nSPS) is 11.3. The molecule has 0 aliphatic heterocycles. The van der Waals surface area contributed by atoms with Gasteiger partial charge in [0, 0.05) is 10.6 Å². The SMILES string of the molecule is C=C=CC(NNC(=O)c1ccccc1)c1ccc(Cl)cc1. The van der Waals surface area contributed by atoms with Gasteiger partial charge in [-0.05, 0) is 35.9 Å². The number of halogens is 1. The van der Waals surface area contributed by atoms with Gasteiger partial charge in [-0.1, -0.05) is 48.5 Å². The summed E-state index contributed by atoms with van der Waals surface area (Å²) in [5, 5.41) is 0.661. The molecule has 0 spiro atoms. The molecule has 106 valence electrons. The standard InChI is InChI=1S/C17H15ClN2O/c1-2-6-16(13-9-11-15(18)12-10-13)19-20-17(21)14-7-4-3-5-8-14/h3-12,16,19H,1H2,(H,20,21). The van der Waals surface area contributed by atoms with Crippen LogP contribution in [0.15, 0.2) is 73.0 Å². The summed E-state index contributed by atoms with van der Waals surface area (Å²) in [5.41, 5.74) is 9.89. The third kappa shape index (κ3) is 4.33. The van der Waals surface area contributed by atoms with Crippen molar-refractivity contribution in [2.45, 2.75) is 6.04 Å². The van der Waals surface area contributed by atoms with Gasteiger partial charge >= 0.3 is 0 Å². The van der Waals surface area contributed by atoms with E-state index in [-0.39, 0.29) is 11.9 Å². The first kappa shape index (κ1) is 15.1. The van der Waals surface area contributed by atoms with Crippen LogP contribution in [0.3, 0.4) is 0 Å². The van der Waals surface area contributed by atoms with Gasteiger partial charge in [0.25, 0.3) is 5.91 Å². The lowest BCUT2D eigenvalue weighted by molar-refractivity contribution is 0.0928. The van der Waals surface area contributed by atoms with Gasteiger partial charge in [0.05, 0.1) is 6.04 Å². The molecule has 2 aromatic rings. The Morgan fingerprint density at radius 1 is 1.14 bits per heavy atom. The molecule has 2 aromatic carbocycles. The van der Waals surface area contributed by atoms with E-state index < -0.39 is 0 Å². The Morgan fingerprint density at radius 2 is 1.81 bits per heavy atom. The van der Waals surface area contributed by atoms with Crippen LogP contribution in [-0.2, 0) is 0 Å². The Kier molecular flexibility index (Phi) is 5.35. The second-order valence-corrected chi connectivity index (χ2v) is 4.80. The fourth-order valence-corrected chi connectivity index (χ4v) is 1.94. The van der Waals surface area contributed by atoms with Crippen LogP contribution in [-0.4, -0.2) is 5.91 Å². The van der Waals surface area contributed by atoms with Crippen molar-refractivity contribution in [1.82, 2.24) is 10.9 Å². The van der Waals surface area contributed by atoms with E-state index in [0.717, 1.165) is 5.56 Å². The molecule has 4 heteroatoms. The summed E-state index contributed by atoms with van der Waals surface area (Å²) >= 11 is 5.87. The molecule has 0 aliphatic carbocycles. The lowest BCUT2D eigenvalue weighted by Crippen LogP contribution is -2.39. The Hall–Kier alpha value is -2.32. The van der Waals surface area contributed by atoms with Gasteiger partial charge in [0.15, 0.2) is 0 Å². The predicted octanol–water partition coefficient (Wildman–Crippen LogP) is 3.66. The van der Waals surface area contributed by atoms with Gasteiger partial charge in [-0.15, -0.1) is 5.73 Å². The number of nitrogens with one attached hydrogen (secondary N) is 2. The van der Waals surface area contributed by atoms with Crippen molar-refractivity contribution >= 4 is 17.5 Å². The van der Waals surface area contributed by atoms with Crippen molar-refractivity contribution in [2.24, 2.45) is 0 Å². The van der Waals surface area contributed by atoms with Crippen molar-refractivity contribution < 1.29 is 4.79 Å². The second kappa shape index (κ2) is 7.46. The van der Waals surface area contributed by atoms with E-state index in [9.17, 15) is 4.79 Å². The third-order valence-electron chi connectivity index (χ3n) is 2.89. The summed E-state index contributed by atoms with van der Waals surface area (Å²) in [6, 6.07) is 16.1. The third-order valence-corrected chi connectivity index (χ3v) is 3.14. The topological polar surface area (TPSA) is 41.1 Å². The molecule has 0 radical (unpaired) electrons.